The van der Waals surface area contributed by atoms with Crippen molar-refractivity contribution in [2.45, 2.75) is 25.9 Å². The lowest BCUT2D eigenvalue weighted by atomic mass is 9.94. The number of rotatable bonds is 4. The standard InChI is InChI=1S/C14H19NO4/c1-4-19-14(16)11-7-10-9(8-15-11)5-6-12(17-2)13(10)18-3/h5-6,11,15H,4,7-8H2,1-3H3. The fourth-order valence-corrected chi connectivity index (χ4v) is 2.34. The maximum absolute atomic E-state index is 11.8. The maximum Gasteiger partial charge on any atom is 0.323 e. The molecule has 0 spiro atoms. The molecule has 5 nitrogen and oxygen atoms in total. The van der Waals surface area contributed by atoms with Crippen molar-refractivity contribution in [1.82, 2.24) is 5.32 Å². The first-order chi connectivity index (χ1) is 9.21. The van der Waals surface area contributed by atoms with Gasteiger partial charge in [0.05, 0.1) is 20.8 Å². The van der Waals surface area contributed by atoms with E-state index in [1.807, 2.05) is 12.1 Å². The van der Waals surface area contributed by atoms with E-state index in [2.05, 4.69) is 5.32 Å². The molecule has 1 unspecified atom stereocenters. The van der Waals surface area contributed by atoms with Crippen molar-refractivity contribution < 1.29 is 19.0 Å². The van der Waals surface area contributed by atoms with Crippen molar-refractivity contribution in [3.63, 3.8) is 0 Å². The van der Waals surface area contributed by atoms with Crippen LogP contribution in [-0.4, -0.2) is 32.8 Å². The van der Waals surface area contributed by atoms with Crippen LogP contribution in [0.15, 0.2) is 12.1 Å². The number of carbonyl (C=O) groups excluding carboxylic acids is 1. The monoisotopic (exact) mass is 265 g/mol. The van der Waals surface area contributed by atoms with Gasteiger partial charge < -0.3 is 19.5 Å². The predicted molar refractivity (Wildman–Crippen MR) is 70.5 cm³/mol. The fourth-order valence-electron chi connectivity index (χ4n) is 2.34. The van der Waals surface area contributed by atoms with Gasteiger partial charge in [-0.05, 0) is 18.6 Å². The topological polar surface area (TPSA) is 56.8 Å². The molecule has 1 aromatic rings. The summed E-state index contributed by atoms with van der Waals surface area (Å²) >= 11 is 0. The van der Waals surface area contributed by atoms with E-state index in [1.165, 1.54) is 0 Å². The van der Waals surface area contributed by atoms with Crippen molar-refractivity contribution in [2.24, 2.45) is 0 Å². The molecule has 0 bridgehead atoms. The molecular weight excluding hydrogens is 246 g/mol. The number of esters is 1. The second kappa shape index (κ2) is 5.93. The molecule has 0 amide bonds. The molecule has 0 saturated carbocycles. The van der Waals surface area contributed by atoms with Gasteiger partial charge in [-0.25, -0.2) is 0 Å². The van der Waals surface area contributed by atoms with Crippen molar-refractivity contribution in [3.8, 4) is 11.5 Å². The summed E-state index contributed by atoms with van der Waals surface area (Å²) in [5.74, 6) is 1.17. The zero-order valence-corrected chi connectivity index (χ0v) is 11.5. The fraction of sp³-hybridized carbons (Fsp3) is 0.500. The van der Waals surface area contributed by atoms with Crippen molar-refractivity contribution >= 4 is 5.97 Å². The number of benzene rings is 1. The molecule has 1 N–H and O–H groups in total. The van der Waals surface area contributed by atoms with E-state index >= 15 is 0 Å². The Kier molecular flexibility index (Phi) is 4.27. The molecule has 0 radical (unpaired) electrons. The summed E-state index contributed by atoms with van der Waals surface area (Å²) in [5.41, 5.74) is 2.14. The van der Waals surface area contributed by atoms with E-state index < -0.39 is 0 Å². The molecule has 0 aromatic heterocycles. The van der Waals surface area contributed by atoms with E-state index in [-0.39, 0.29) is 12.0 Å². The molecule has 1 aliphatic heterocycles. The Labute approximate surface area is 112 Å². The van der Waals surface area contributed by atoms with Gasteiger partial charge in [0, 0.05) is 18.5 Å². The molecule has 1 aliphatic rings. The number of ether oxygens (including phenoxy) is 3. The molecule has 1 atom stereocenters. The molecule has 0 fully saturated rings. The zero-order valence-electron chi connectivity index (χ0n) is 11.5. The summed E-state index contributed by atoms with van der Waals surface area (Å²) in [6.07, 6.45) is 0.550. The van der Waals surface area contributed by atoms with Crippen LogP contribution in [0.4, 0.5) is 0 Å². The van der Waals surface area contributed by atoms with E-state index in [0.717, 1.165) is 11.1 Å². The van der Waals surface area contributed by atoms with Gasteiger partial charge in [-0.3, -0.25) is 4.79 Å². The average Bonchev–Trinajstić information content (AvgIpc) is 2.45. The first-order valence-electron chi connectivity index (χ1n) is 6.34. The lowest BCUT2D eigenvalue weighted by molar-refractivity contribution is -0.145. The number of methoxy groups -OCH3 is 2. The molecule has 2 rings (SSSR count). The molecule has 1 aromatic carbocycles. The van der Waals surface area contributed by atoms with Crippen LogP contribution in [0.2, 0.25) is 0 Å². The van der Waals surface area contributed by atoms with E-state index in [4.69, 9.17) is 14.2 Å². The molecule has 104 valence electrons. The molecule has 0 aliphatic carbocycles. The van der Waals surface area contributed by atoms with Crippen molar-refractivity contribution in [1.29, 1.82) is 0 Å². The highest BCUT2D eigenvalue weighted by Gasteiger charge is 2.28. The Bertz CT molecular complexity index is 473. The average molecular weight is 265 g/mol. The Hall–Kier alpha value is -1.75. The number of carbonyl (C=O) groups is 1. The second-order valence-electron chi connectivity index (χ2n) is 4.33. The molecule has 5 heteroatoms. The Morgan fingerprint density at radius 1 is 1.37 bits per heavy atom. The summed E-state index contributed by atoms with van der Waals surface area (Å²) < 4.78 is 15.8. The van der Waals surface area contributed by atoms with Crippen molar-refractivity contribution in [3.05, 3.63) is 23.3 Å². The highest BCUT2D eigenvalue weighted by Crippen LogP contribution is 2.35. The lowest BCUT2D eigenvalue weighted by Crippen LogP contribution is -2.42. The van der Waals surface area contributed by atoms with Gasteiger partial charge >= 0.3 is 5.97 Å². The van der Waals surface area contributed by atoms with Crippen LogP contribution < -0.4 is 14.8 Å². The molecule has 0 saturated heterocycles. The smallest absolute Gasteiger partial charge is 0.323 e. The first-order valence-corrected chi connectivity index (χ1v) is 6.34. The zero-order chi connectivity index (χ0) is 13.8. The van der Waals surface area contributed by atoms with E-state index in [0.29, 0.717) is 31.1 Å². The Morgan fingerprint density at radius 3 is 2.79 bits per heavy atom. The molecular formula is C14H19NO4. The highest BCUT2D eigenvalue weighted by atomic mass is 16.5. The Morgan fingerprint density at radius 2 is 2.16 bits per heavy atom. The van der Waals surface area contributed by atoms with Crippen molar-refractivity contribution in [2.75, 3.05) is 20.8 Å². The number of hydrogen-bond acceptors (Lipinski definition) is 5. The van der Waals surface area contributed by atoms with Gasteiger partial charge in [0.15, 0.2) is 11.5 Å². The summed E-state index contributed by atoms with van der Waals surface area (Å²) in [5, 5.41) is 3.18. The van der Waals surface area contributed by atoms with Crippen LogP contribution >= 0.6 is 0 Å². The normalized spacial score (nSPS) is 17.5. The molecule has 19 heavy (non-hydrogen) atoms. The van der Waals surface area contributed by atoms with Gasteiger partial charge in [-0.15, -0.1) is 0 Å². The minimum absolute atomic E-state index is 0.224. The predicted octanol–water partition coefficient (Wildman–Crippen LogP) is 1.28. The van der Waals surface area contributed by atoms with E-state index in [9.17, 15) is 4.79 Å². The van der Waals surface area contributed by atoms with Crippen LogP contribution in [0.5, 0.6) is 11.5 Å². The summed E-state index contributed by atoms with van der Waals surface area (Å²) in [6.45, 7) is 2.82. The van der Waals surface area contributed by atoms with Crippen LogP contribution in [0, 0.1) is 0 Å². The first kappa shape index (κ1) is 13.7. The summed E-state index contributed by atoms with van der Waals surface area (Å²) in [4.78, 5) is 11.8. The van der Waals surface area contributed by atoms with Crippen LogP contribution in [0.25, 0.3) is 0 Å². The van der Waals surface area contributed by atoms with Crippen LogP contribution in [0.1, 0.15) is 18.1 Å². The van der Waals surface area contributed by atoms with Crippen LogP contribution in [-0.2, 0) is 22.5 Å². The summed E-state index contributed by atoms with van der Waals surface area (Å²) in [6, 6.07) is 3.54. The quantitative estimate of drug-likeness (QED) is 0.831. The minimum Gasteiger partial charge on any atom is -0.493 e. The Balaban J connectivity index is 2.29. The van der Waals surface area contributed by atoms with Gasteiger partial charge in [-0.1, -0.05) is 6.07 Å². The third-order valence-electron chi connectivity index (χ3n) is 3.26. The third kappa shape index (κ3) is 2.66. The SMILES string of the molecule is CCOC(=O)C1Cc2c(ccc(OC)c2OC)CN1. The summed E-state index contributed by atoms with van der Waals surface area (Å²) in [7, 11) is 3.22. The molecule has 1 heterocycles. The number of nitrogens with one attached hydrogen (secondary N) is 1. The van der Waals surface area contributed by atoms with Gasteiger partial charge in [0.1, 0.15) is 6.04 Å². The van der Waals surface area contributed by atoms with Gasteiger partial charge in [0.2, 0.25) is 0 Å². The van der Waals surface area contributed by atoms with Gasteiger partial charge in [-0.2, -0.15) is 0 Å². The highest BCUT2D eigenvalue weighted by molar-refractivity contribution is 5.77. The third-order valence-corrected chi connectivity index (χ3v) is 3.26. The largest absolute Gasteiger partial charge is 0.493 e. The second-order valence-corrected chi connectivity index (χ2v) is 4.33. The lowest BCUT2D eigenvalue weighted by Gasteiger charge is -2.26. The van der Waals surface area contributed by atoms with E-state index in [1.54, 1.807) is 21.1 Å². The van der Waals surface area contributed by atoms with Gasteiger partial charge in [0.25, 0.3) is 0 Å². The van der Waals surface area contributed by atoms with Crippen LogP contribution in [0.3, 0.4) is 0 Å². The number of hydrogen-bond donors (Lipinski definition) is 1. The minimum atomic E-state index is -0.326. The number of fused-ring (bicyclic) bond motifs is 1. The maximum atomic E-state index is 11.8.